The lowest BCUT2D eigenvalue weighted by molar-refractivity contribution is -0.122. The lowest BCUT2D eigenvalue weighted by Gasteiger charge is -2.23. The summed E-state index contributed by atoms with van der Waals surface area (Å²) in [4.78, 5) is 29.6. The largest absolute Gasteiger partial charge is 0.497 e. The van der Waals surface area contributed by atoms with Crippen LogP contribution in [0.15, 0.2) is 42.5 Å². The maximum atomic E-state index is 13.1. The molecule has 2 aliphatic heterocycles. The Morgan fingerprint density at radius 3 is 2.41 bits per heavy atom. The number of fused-ring (bicyclic) bond motifs is 2. The first-order valence-electron chi connectivity index (χ1n) is 8.90. The Labute approximate surface area is 158 Å². The summed E-state index contributed by atoms with van der Waals surface area (Å²) >= 11 is 0. The number of methoxy groups -OCH3 is 2. The van der Waals surface area contributed by atoms with Gasteiger partial charge < -0.3 is 19.3 Å². The molecule has 4 rings (SSSR count). The van der Waals surface area contributed by atoms with Gasteiger partial charge in [-0.1, -0.05) is 18.2 Å². The lowest BCUT2D eigenvalue weighted by atomic mass is 9.81. The quantitative estimate of drug-likeness (QED) is 0.837. The number of likely N-dealkylation sites (N-methyl/N-ethyl adjacent to an activating group) is 1. The number of para-hydroxylation sites is 1. The van der Waals surface area contributed by atoms with Crippen LogP contribution in [0.3, 0.4) is 0 Å². The summed E-state index contributed by atoms with van der Waals surface area (Å²) in [6.07, 6.45) is 0.625. The van der Waals surface area contributed by atoms with E-state index in [0.29, 0.717) is 36.6 Å². The van der Waals surface area contributed by atoms with Gasteiger partial charge in [0.15, 0.2) is 0 Å². The summed E-state index contributed by atoms with van der Waals surface area (Å²) in [5.74, 6) is 1.06. The third kappa shape index (κ3) is 2.55. The summed E-state index contributed by atoms with van der Waals surface area (Å²) in [7, 11) is 4.91. The standard InChI is InChI=1S/C21H22N2O4/c1-22-18-7-5-4-6-17(18)21(20(22)25)8-9-23(13-21)19(24)14-10-15(26-2)12-16(11-14)27-3/h4-7,10-12H,8-9,13H2,1-3H3. The highest BCUT2D eigenvalue weighted by atomic mass is 16.5. The summed E-state index contributed by atoms with van der Waals surface area (Å²) in [5, 5.41) is 0. The Balaban J connectivity index is 1.66. The third-order valence-corrected chi connectivity index (χ3v) is 5.65. The number of ether oxygens (including phenoxy) is 2. The molecule has 1 saturated heterocycles. The Morgan fingerprint density at radius 1 is 1.07 bits per heavy atom. The predicted octanol–water partition coefficient (Wildman–Crippen LogP) is 2.46. The maximum absolute atomic E-state index is 13.1. The molecule has 2 aromatic carbocycles. The molecule has 1 fully saturated rings. The van der Waals surface area contributed by atoms with Crippen molar-refractivity contribution in [3.8, 4) is 11.5 Å². The zero-order chi connectivity index (χ0) is 19.2. The topological polar surface area (TPSA) is 59.1 Å². The summed E-state index contributed by atoms with van der Waals surface area (Å²) in [6, 6.07) is 13.0. The van der Waals surface area contributed by atoms with Crippen molar-refractivity contribution in [3.05, 3.63) is 53.6 Å². The molecule has 0 bridgehead atoms. The van der Waals surface area contributed by atoms with E-state index in [1.54, 1.807) is 49.3 Å². The first-order chi connectivity index (χ1) is 13.0. The summed E-state index contributed by atoms with van der Waals surface area (Å²) in [5.41, 5.74) is 1.79. The fraction of sp³-hybridized carbons (Fsp3) is 0.333. The highest BCUT2D eigenvalue weighted by molar-refractivity contribution is 6.09. The van der Waals surface area contributed by atoms with Crippen molar-refractivity contribution in [1.29, 1.82) is 0 Å². The molecular weight excluding hydrogens is 344 g/mol. The van der Waals surface area contributed by atoms with Gasteiger partial charge in [-0.3, -0.25) is 9.59 Å². The Bertz CT molecular complexity index is 904. The Kier molecular flexibility index (Phi) is 4.06. The Hall–Kier alpha value is -3.02. The van der Waals surface area contributed by atoms with E-state index < -0.39 is 5.41 Å². The SMILES string of the molecule is COc1cc(OC)cc(C(=O)N2CCC3(C2)C(=O)N(C)c2ccccc23)c1. The van der Waals surface area contributed by atoms with E-state index in [0.717, 1.165) is 11.3 Å². The molecule has 6 nitrogen and oxygen atoms in total. The molecule has 2 heterocycles. The second-order valence-corrected chi connectivity index (χ2v) is 7.04. The van der Waals surface area contributed by atoms with Gasteiger partial charge in [0.2, 0.25) is 5.91 Å². The fourth-order valence-corrected chi connectivity index (χ4v) is 4.21. The van der Waals surface area contributed by atoms with E-state index in [-0.39, 0.29) is 11.8 Å². The van der Waals surface area contributed by atoms with Gasteiger partial charge in [-0.15, -0.1) is 0 Å². The molecule has 2 amide bonds. The summed E-state index contributed by atoms with van der Waals surface area (Å²) < 4.78 is 10.5. The van der Waals surface area contributed by atoms with Crippen LogP contribution < -0.4 is 14.4 Å². The van der Waals surface area contributed by atoms with Crippen LogP contribution in [-0.2, 0) is 10.2 Å². The van der Waals surface area contributed by atoms with Crippen LogP contribution in [0.5, 0.6) is 11.5 Å². The second kappa shape index (κ2) is 6.30. The number of hydrogen-bond acceptors (Lipinski definition) is 4. The van der Waals surface area contributed by atoms with Crippen molar-refractivity contribution in [1.82, 2.24) is 4.90 Å². The molecule has 0 saturated carbocycles. The van der Waals surface area contributed by atoms with E-state index >= 15 is 0 Å². The van der Waals surface area contributed by atoms with Crippen LogP contribution >= 0.6 is 0 Å². The number of rotatable bonds is 3. The van der Waals surface area contributed by atoms with Crippen molar-refractivity contribution in [2.24, 2.45) is 0 Å². The zero-order valence-electron chi connectivity index (χ0n) is 15.7. The molecule has 27 heavy (non-hydrogen) atoms. The van der Waals surface area contributed by atoms with E-state index in [4.69, 9.17) is 9.47 Å². The fourth-order valence-electron chi connectivity index (χ4n) is 4.21. The molecule has 6 heteroatoms. The number of carbonyl (C=O) groups excluding carboxylic acids is 2. The number of likely N-dealkylation sites (tertiary alicyclic amines) is 1. The number of benzene rings is 2. The van der Waals surface area contributed by atoms with Crippen LogP contribution in [0.4, 0.5) is 5.69 Å². The van der Waals surface area contributed by atoms with E-state index in [9.17, 15) is 9.59 Å². The molecule has 1 unspecified atom stereocenters. The number of anilines is 1. The predicted molar refractivity (Wildman–Crippen MR) is 102 cm³/mol. The smallest absolute Gasteiger partial charge is 0.254 e. The monoisotopic (exact) mass is 366 g/mol. The van der Waals surface area contributed by atoms with Gasteiger partial charge in [0.05, 0.1) is 19.6 Å². The van der Waals surface area contributed by atoms with E-state index in [1.165, 1.54) is 0 Å². The highest BCUT2D eigenvalue weighted by Gasteiger charge is 2.54. The van der Waals surface area contributed by atoms with Crippen LogP contribution in [0.2, 0.25) is 0 Å². The van der Waals surface area contributed by atoms with Gasteiger partial charge in [-0.2, -0.15) is 0 Å². The number of hydrogen-bond donors (Lipinski definition) is 0. The number of nitrogens with zero attached hydrogens (tertiary/aromatic N) is 2. The molecule has 2 aromatic rings. The number of amides is 2. The van der Waals surface area contributed by atoms with Gasteiger partial charge in [0.1, 0.15) is 11.5 Å². The average molecular weight is 366 g/mol. The van der Waals surface area contributed by atoms with Crippen molar-refractivity contribution >= 4 is 17.5 Å². The van der Waals surface area contributed by atoms with Gasteiger partial charge in [0.25, 0.3) is 5.91 Å². The van der Waals surface area contributed by atoms with Crippen molar-refractivity contribution in [2.75, 3.05) is 39.3 Å². The first kappa shape index (κ1) is 17.4. The highest BCUT2D eigenvalue weighted by Crippen LogP contribution is 2.46. The molecule has 0 N–H and O–H groups in total. The van der Waals surface area contributed by atoms with E-state index in [2.05, 4.69) is 0 Å². The molecule has 140 valence electrons. The Morgan fingerprint density at radius 2 is 1.74 bits per heavy atom. The molecule has 0 aromatic heterocycles. The average Bonchev–Trinajstić information content (AvgIpc) is 3.25. The first-order valence-corrected chi connectivity index (χ1v) is 8.90. The number of carbonyl (C=O) groups is 2. The molecular formula is C21H22N2O4. The van der Waals surface area contributed by atoms with Crippen molar-refractivity contribution in [3.63, 3.8) is 0 Å². The normalized spacial score (nSPS) is 20.9. The molecule has 1 spiro atoms. The van der Waals surface area contributed by atoms with E-state index in [1.807, 2.05) is 24.3 Å². The van der Waals surface area contributed by atoms with Crippen LogP contribution in [-0.4, -0.2) is 51.1 Å². The third-order valence-electron chi connectivity index (χ3n) is 5.65. The minimum Gasteiger partial charge on any atom is -0.497 e. The van der Waals surface area contributed by atoms with Gasteiger partial charge in [-0.05, 0) is 30.2 Å². The zero-order valence-corrected chi connectivity index (χ0v) is 15.7. The lowest BCUT2D eigenvalue weighted by Crippen LogP contribution is -2.42. The molecule has 2 aliphatic rings. The molecule has 1 atom stereocenters. The van der Waals surface area contributed by atoms with Crippen molar-refractivity contribution in [2.45, 2.75) is 11.8 Å². The van der Waals surface area contributed by atoms with Gasteiger partial charge >= 0.3 is 0 Å². The van der Waals surface area contributed by atoms with Crippen molar-refractivity contribution < 1.29 is 19.1 Å². The maximum Gasteiger partial charge on any atom is 0.254 e. The minimum atomic E-state index is -0.649. The van der Waals surface area contributed by atoms with Gasteiger partial charge in [0, 0.05) is 37.5 Å². The molecule has 0 radical (unpaired) electrons. The second-order valence-electron chi connectivity index (χ2n) is 7.04. The van der Waals surface area contributed by atoms with Gasteiger partial charge in [-0.25, -0.2) is 0 Å². The molecule has 0 aliphatic carbocycles. The van der Waals surface area contributed by atoms with Crippen LogP contribution in [0, 0.1) is 0 Å². The van der Waals surface area contributed by atoms with Crippen LogP contribution in [0.25, 0.3) is 0 Å². The summed E-state index contributed by atoms with van der Waals surface area (Å²) in [6.45, 7) is 0.915. The minimum absolute atomic E-state index is 0.0576. The van der Waals surface area contributed by atoms with Crippen LogP contribution in [0.1, 0.15) is 22.3 Å².